The summed E-state index contributed by atoms with van der Waals surface area (Å²) in [5.41, 5.74) is -2.74. The third-order valence-electron chi connectivity index (χ3n) is 9.13. The third-order valence-corrected chi connectivity index (χ3v) is 9.13. The molecule has 292 valence electrons. The van der Waals surface area contributed by atoms with Gasteiger partial charge in [-0.05, 0) is 46.5 Å². The van der Waals surface area contributed by atoms with Gasteiger partial charge in [0, 0.05) is 19.3 Å². The Morgan fingerprint density at radius 3 is 1.59 bits per heavy atom. The average molecular weight is 725 g/mol. The molecular formula is C38H64N2O11. The van der Waals surface area contributed by atoms with E-state index in [1.807, 2.05) is 0 Å². The van der Waals surface area contributed by atoms with Crippen molar-refractivity contribution in [1.29, 1.82) is 0 Å². The lowest BCUT2D eigenvalue weighted by atomic mass is 9.76. The number of carbonyl (C=O) groups excluding carboxylic acids is 5. The molecule has 1 heterocycles. The summed E-state index contributed by atoms with van der Waals surface area (Å²) in [6.07, 6.45) is 14.9. The maximum atomic E-state index is 14.0. The number of hydroxylamine groups is 2. The van der Waals surface area contributed by atoms with Crippen LogP contribution in [-0.2, 0) is 43.1 Å². The minimum atomic E-state index is -1.80. The first-order valence-electron chi connectivity index (χ1n) is 19.2. The number of esters is 1. The molecule has 3 N–H and O–H groups in total. The van der Waals surface area contributed by atoms with E-state index < -0.39 is 65.1 Å². The summed E-state index contributed by atoms with van der Waals surface area (Å²) in [5, 5.41) is 22.4. The van der Waals surface area contributed by atoms with Gasteiger partial charge in [0.05, 0.1) is 6.42 Å². The molecule has 1 fully saturated rings. The molecule has 2 atom stereocenters. The lowest BCUT2D eigenvalue weighted by molar-refractivity contribution is -0.197. The average Bonchev–Trinajstić information content (AvgIpc) is 3.36. The van der Waals surface area contributed by atoms with Gasteiger partial charge in [0.1, 0.15) is 17.1 Å². The molecule has 1 rings (SSSR count). The molecule has 0 aromatic carbocycles. The number of nitrogens with zero attached hydrogens (tertiary/aromatic N) is 1. The van der Waals surface area contributed by atoms with Crippen molar-refractivity contribution >= 4 is 41.6 Å². The normalized spacial score (nSPS) is 14.9. The molecule has 13 nitrogen and oxygen atoms in total. The maximum absolute atomic E-state index is 14.0. The van der Waals surface area contributed by atoms with Crippen molar-refractivity contribution in [3.8, 4) is 0 Å². The van der Waals surface area contributed by atoms with Crippen molar-refractivity contribution in [2.24, 2.45) is 5.41 Å². The molecule has 0 aliphatic carbocycles. The Hall–Kier alpha value is -3.51. The second-order valence-electron chi connectivity index (χ2n) is 14.8. The van der Waals surface area contributed by atoms with E-state index in [1.165, 1.54) is 25.7 Å². The Balaban J connectivity index is 2.99. The van der Waals surface area contributed by atoms with E-state index in [2.05, 4.69) is 12.2 Å². The number of amides is 3. The van der Waals surface area contributed by atoms with Gasteiger partial charge in [0.2, 0.25) is 5.91 Å². The molecule has 0 aromatic rings. The first-order chi connectivity index (χ1) is 24.1. The van der Waals surface area contributed by atoms with Gasteiger partial charge in [-0.1, -0.05) is 110 Å². The molecule has 0 bridgehead atoms. The molecule has 1 saturated heterocycles. The minimum Gasteiger partial charge on any atom is -0.481 e. The summed E-state index contributed by atoms with van der Waals surface area (Å²) >= 11 is 0. The first kappa shape index (κ1) is 45.5. The number of carboxylic acids is 2. The van der Waals surface area contributed by atoms with Crippen LogP contribution in [0.2, 0.25) is 0 Å². The molecule has 13 heteroatoms. The summed E-state index contributed by atoms with van der Waals surface area (Å²) in [4.78, 5) is 92.2. The summed E-state index contributed by atoms with van der Waals surface area (Å²) < 4.78 is 5.51. The number of ether oxygens (including phenoxy) is 1. The van der Waals surface area contributed by atoms with E-state index in [4.69, 9.17) is 14.7 Å². The van der Waals surface area contributed by atoms with Gasteiger partial charge in [-0.15, -0.1) is 5.06 Å². The van der Waals surface area contributed by atoms with Crippen LogP contribution in [0.1, 0.15) is 182 Å². The standard InChI is InChI=1S/C38H64N2O11/c1-5-6-7-8-9-11-14-17-20-27-38(36(48)49,28-21-18-15-12-10-13-16-19-22-32(43)44)35(47)39-29(34(46)50-37(2,3)4)23-26-33(45)51-40-30(41)24-25-31(40)42/h29H,5-28H2,1-4H3,(H,39,47)(H,43,44)(H,48,49)/t29?,38-/m0/s1. The van der Waals surface area contributed by atoms with Gasteiger partial charge in [0.15, 0.2) is 0 Å². The summed E-state index contributed by atoms with van der Waals surface area (Å²) in [6.45, 7) is 7.10. The van der Waals surface area contributed by atoms with Gasteiger partial charge in [-0.3, -0.25) is 24.0 Å². The number of carboxylic acid groups (broad SMARTS) is 2. The number of rotatable bonds is 29. The molecule has 0 saturated carbocycles. The Morgan fingerprint density at radius 1 is 0.706 bits per heavy atom. The Kier molecular flexibility index (Phi) is 22.0. The molecule has 0 radical (unpaired) electrons. The lowest BCUT2D eigenvalue weighted by Crippen LogP contribution is -2.53. The maximum Gasteiger partial charge on any atom is 0.333 e. The Labute approximate surface area is 303 Å². The van der Waals surface area contributed by atoms with Crippen molar-refractivity contribution in [2.45, 2.75) is 193 Å². The zero-order chi connectivity index (χ0) is 38.3. The lowest BCUT2D eigenvalue weighted by Gasteiger charge is -2.31. The van der Waals surface area contributed by atoms with Crippen LogP contribution in [0.4, 0.5) is 0 Å². The predicted molar refractivity (Wildman–Crippen MR) is 190 cm³/mol. The van der Waals surface area contributed by atoms with Gasteiger partial charge < -0.3 is 25.1 Å². The topological polar surface area (TPSA) is 194 Å². The molecule has 51 heavy (non-hydrogen) atoms. The number of hydrogen-bond donors (Lipinski definition) is 3. The SMILES string of the molecule is CCCCCCCCCCC[C@@](CCCCCCCCCCC(=O)O)(C(=O)O)C(=O)NC(CCC(=O)ON1C(=O)CCC1=O)C(=O)OC(C)(C)C. The highest BCUT2D eigenvalue weighted by Crippen LogP contribution is 2.34. The molecule has 0 spiro atoms. The number of imide groups is 1. The van der Waals surface area contributed by atoms with Crippen LogP contribution in [0.3, 0.4) is 0 Å². The van der Waals surface area contributed by atoms with E-state index in [-0.39, 0.29) is 38.5 Å². The van der Waals surface area contributed by atoms with E-state index in [9.17, 15) is 38.7 Å². The van der Waals surface area contributed by atoms with E-state index in [1.54, 1.807) is 20.8 Å². The minimum absolute atomic E-state index is 0.0755. The highest BCUT2D eigenvalue weighted by molar-refractivity contribution is 6.03. The Bertz CT molecular complexity index is 1120. The van der Waals surface area contributed by atoms with Crippen LogP contribution >= 0.6 is 0 Å². The zero-order valence-corrected chi connectivity index (χ0v) is 31.6. The van der Waals surface area contributed by atoms with Crippen LogP contribution in [0, 0.1) is 5.41 Å². The molecule has 3 amide bonds. The smallest absolute Gasteiger partial charge is 0.333 e. The first-order valence-corrected chi connectivity index (χ1v) is 19.2. The fourth-order valence-electron chi connectivity index (χ4n) is 6.15. The molecule has 1 aliphatic rings. The second kappa shape index (κ2) is 24.6. The van der Waals surface area contributed by atoms with Crippen molar-refractivity contribution in [1.82, 2.24) is 10.4 Å². The Morgan fingerprint density at radius 2 is 1.16 bits per heavy atom. The molecule has 1 aliphatic heterocycles. The largest absolute Gasteiger partial charge is 0.481 e. The van der Waals surface area contributed by atoms with Crippen molar-refractivity contribution < 1.29 is 53.3 Å². The summed E-state index contributed by atoms with van der Waals surface area (Å²) in [6, 6.07) is -1.38. The quantitative estimate of drug-likeness (QED) is 0.0306. The van der Waals surface area contributed by atoms with Crippen molar-refractivity contribution in [3.63, 3.8) is 0 Å². The van der Waals surface area contributed by atoms with E-state index >= 15 is 0 Å². The highest BCUT2D eigenvalue weighted by atomic mass is 16.7. The van der Waals surface area contributed by atoms with Crippen LogP contribution in [0.5, 0.6) is 0 Å². The van der Waals surface area contributed by atoms with Gasteiger partial charge >= 0.3 is 23.9 Å². The number of nitrogens with one attached hydrogen (secondary N) is 1. The van der Waals surface area contributed by atoms with Crippen molar-refractivity contribution in [2.75, 3.05) is 0 Å². The fourth-order valence-corrected chi connectivity index (χ4v) is 6.15. The summed E-state index contributed by atoms with van der Waals surface area (Å²) in [5.74, 6) is -5.98. The molecule has 0 aromatic heterocycles. The fraction of sp³-hybridized carbons (Fsp3) is 0.816. The number of hydrogen-bond acceptors (Lipinski definition) is 9. The van der Waals surface area contributed by atoms with Gasteiger partial charge in [-0.2, -0.15) is 0 Å². The number of unbranched alkanes of at least 4 members (excludes halogenated alkanes) is 15. The second-order valence-corrected chi connectivity index (χ2v) is 14.8. The molecule has 1 unspecified atom stereocenters. The van der Waals surface area contributed by atoms with Crippen LogP contribution < -0.4 is 5.32 Å². The van der Waals surface area contributed by atoms with Crippen LogP contribution in [0.15, 0.2) is 0 Å². The van der Waals surface area contributed by atoms with Gasteiger partial charge in [0.25, 0.3) is 11.8 Å². The van der Waals surface area contributed by atoms with Crippen LogP contribution in [-0.4, -0.2) is 68.5 Å². The van der Waals surface area contributed by atoms with E-state index in [0.717, 1.165) is 57.8 Å². The molecular weight excluding hydrogens is 660 g/mol. The van der Waals surface area contributed by atoms with E-state index in [0.29, 0.717) is 30.7 Å². The van der Waals surface area contributed by atoms with Crippen LogP contribution in [0.25, 0.3) is 0 Å². The van der Waals surface area contributed by atoms with Gasteiger partial charge in [-0.25, -0.2) is 9.59 Å². The predicted octanol–water partition coefficient (Wildman–Crippen LogP) is 7.18. The monoisotopic (exact) mass is 724 g/mol. The van der Waals surface area contributed by atoms with Crippen molar-refractivity contribution in [3.05, 3.63) is 0 Å². The number of carbonyl (C=O) groups is 7. The number of aliphatic carboxylic acids is 2. The third kappa shape index (κ3) is 19.1. The summed E-state index contributed by atoms with van der Waals surface area (Å²) in [7, 11) is 0. The zero-order valence-electron chi connectivity index (χ0n) is 31.6. The highest BCUT2D eigenvalue weighted by Gasteiger charge is 2.46.